The number of aromatic nitrogens is 5. The zero-order valence-corrected chi connectivity index (χ0v) is 18.0. The molecule has 11 heteroatoms. The fraction of sp³-hybridized carbons (Fsp3) is 0.476. The molecule has 0 amide bonds. The van der Waals surface area contributed by atoms with Gasteiger partial charge in [-0.15, -0.1) is 5.10 Å². The summed E-state index contributed by atoms with van der Waals surface area (Å²) in [4.78, 5) is 20.1. The Bertz CT molecular complexity index is 1050. The van der Waals surface area contributed by atoms with Gasteiger partial charge >= 0.3 is 5.97 Å². The van der Waals surface area contributed by atoms with Gasteiger partial charge in [0.05, 0.1) is 31.0 Å². The lowest BCUT2D eigenvalue weighted by Crippen LogP contribution is -2.27. The van der Waals surface area contributed by atoms with Crippen LogP contribution in [0.2, 0.25) is 0 Å². The maximum absolute atomic E-state index is 11.2. The van der Waals surface area contributed by atoms with Gasteiger partial charge in [-0.05, 0) is 43.5 Å². The third-order valence-corrected chi connectivity index (χ3v) is 5.40. The van der Waals surface area contributed by atoms with Crippen LogP contribution >= 0.6 is 0 Å². The van der Waals surface area contributed by atoms with E-state index in [0.29, 0.717) is 48.9 Å². The van der Waals surface area contributed by atoms with E-state index >= 15 is 0 Å². The molecule has 2 atom stereocenters. The molecule has 11 nitrogen and oxygen atoms in total. The Morgan fingerprint density at radius 3 is 2.62 bits per heavy atom. The molecular weight excluding hydrogens is 416 g/mol. The predicted octanol–water partition coefficient (Wildman–Crippen LogP) is 1.92. The molecule has 1 aliphatic carbocycles. The first-order valence-corrected chi connectivity index (χ1v) is 10.4. The van der Waals surface area contributed by atoms with Crippen LogP contribution in [0.5, 0.6) is 5.75 Å². The molecule has 2 N–H and O–H groups in total. The third kappa shape index (κ3) is 4.94. The van der Waals surface area contributed by atoms with Crippen LogP contribution < -0.4 is 10.1 Å². The summed E-state index contributed by atoms with van der Waals surface area (Å²) in [6.07, 6.45) is 3.38. The van der Waals surface area contributed by atoms with Gasteiger partial charge in [0.2, 0.25) is 5.95 Å². The highest BCUT2D eigenvalue weighted by molar-refractivity contribution is 5.72. The maximum atomic E-state index is 11.2. The van der Waals surface area contributed by atoms with Gasteiger partial charge in [0.25, 0.3) is 0 Å². The molecular formula is C21H26N6O5. The number of rotatable bonds is 10. The minimum atomic E-state index is -0.754. The molecule has 0 bridgehead atoms. The molecule has 0 unspecified atom stereocenters. The number of methoxy groups -OCH3 is 2. The van der Waals surface area contributed by atoms with Gasteiger partial charge in [-0.1, -0.05) is 5.21 Å². The Labute approximate surface area is 184 Å². The van der Waals surface area contributed by atoms with Gasteiger partial charge in [0.15, 0.2) is 11.2 Å². The van der Waals surface area contributed by atoms with Crippen LogP contribution in [0.4, 0.5) is 5.95 Å². The minimum absolute atomic E-state index is 0.0291. The lowest BCUT2D eigenvalue weighted by molar-refractivity contribution is -0.141. The number of anilines is 1. The van der Waals surface area contributed by atoms with Crippen molar-refractivity contribution in [3.8, 4) is 11.4 Å². The van der Waals surface area contributed by atoms with E-state index in [2.05, 4.69) is 25.6 Å². The van der Waals surface area contributed by atoms with Gasteiger partial charge in [-0.25, -0.2) is 4.98 Å². The number of ether oxygens (including phenoxy) is 3. The van der Waals surface area contributed by atoms with Crippen molar-refractivity contribution in [2.45, 2.75) is 31.4 Å². The lowest BCUT2D eigenvalue weighted by atomic mass is 10.1. The highest BCUT2D eigenvalue weighted by Crippen LogP contribution is 2.28. The number of nitrogens with one attached hydrogen (secondary N) is 1. The fourth-order valence-electron chi connectivity index (χ4n) is 3.84. The summed E-state index contributed by atoms with van der Waals surface area (Å²) in [6, 6.07) is 7.44. The predicted molar refractivity (Wildman–Crippen MR) is 115 cm³/mol. The van der Waals surface area contributed by atoms with Crippen molar-refractivity contribution in [3.05, 3.63) is 30.5 Å². The van der Waals surface area contributed by atoms with E-state index in [1.165, 1.54) is 0 Å². The summed E-state index contributed by atoms with van der Waals surface area (Å²) in [7, 11) is 3.24. The molecule has 3 aromatic rings. The van der Waals surface area contributed by atoms with Gasteiger partial charge in [0.1, 0.15) is 11.9 Å². The monoisotopic (exact) mass is 442 g/mol. The van der Waals surface area contributed by atoms with Crippen LogP contribution in [-0.4, -0.2) is 75.6 Å². The standard InChI is InChI=1S/C21H26N6O5/c1-30-11-17(12-31-2)32-16-7-5-15(6-8-16)27-19-18(25-26-27)10-22-21(24-19)23-14-4-3-13(9-14)20(28)29/h5-8,10,13-14,17H,3-4,9,11-12H2,1-2H3,(H,28,29)(H,22,23,24)/t13-,14-/m1/s1. The molecule has 4 rings (SSSR count). The summed E-state index contributed by atoms with van der Waals surface area (Å²) in [6.45, 7) is 0.842. The molecule has 170 valence electrons. The second kappa shape index (κ2) is 9.88. The normalized spacial score (nSPS) is 18.3. The molecule has 0 saturated heterocycles. The molecule has 32 heavy (non-hydrogen) atoms. The highest BCUT2D eigenvalue weighted by atomic mass is 16.6. The van der Waals surface area contributed by atoms with Gasteiger partial charge in [0, 0.05) is 20.3 Å². The van der Waals surface area contributed by atoms with Crippen LogP contribution in [0.3, 0.4) is 0 Å². The van der Waals surface area contributed by atoms with Crippen LogP contribution in [0, 0.1) is 5.92 Å². The molecule has 0 radical (unpaired) electrons. The number of fused-ring (bicyclic) bond motifs is 1. The van der Waals surface area contributed by atoms with Crippen molar-refractivity contribution in [1.82, 2.24) is 25.0 Å². The first-order valence-electron chi connectivity index (χ1n) is 10.4. The van der Waals surface area contributed by atoms with Crippen molar-refractivity contribution in [3.63, 3.8) is 0 Å². The van der Waals surface area contributed by atoms with E-state index in [4.69, 9.17) is 14.2 Å². The second-order valence-corrected chi connectivity index (χ2v) is 7.74. The fourth-order valence-corrected chi connectivity index (χ4v) is 3.84. The van der Waals surface area contributed by atoms with E-state index in [-0.39, 0.29) is 18.1 Å². The summed E-state index contributed by atoms with van der Waals surface area (Å²) in [5.74, 6) is 0.0372. The Balaban J connectivity index is 1.49. The average molecular weight is 442 g/mol. The van der Waals surface area contributed by atoms with Crippen LogP contribution in [0.15, 0.2) is 30.5 Å². The SMILES string of the molecule is COCC(COC)Oc1ccc(-n2nnc3cnc(N[C@@H]4CC[C@@H](C(=O)O)C4)nc32)cc1. The summed E-state index contributed by atoms with van der Waals surface area (Å²) < 4.78 is 17.8. The number of hydrogen-bond donors (Lipinski definition) is 2. The number of nitrogens with zero attached hydrogens (tertiary/aromatic N) is 5. The number of carboxylic acids is 1. The summed E-state index contributed by atoms with van der Waals surface area (Å²) >= 11 is 0. The minimum Gasteiger partial charge on any atom is -0.486 e. The number of carbonyl (C=O) groups is 1. The van der Waals surface area contributed by atoms with Crippen LogP contribution in [-0.2, 0) is 14.3 Å². The molecule has 1 saturated carbocycles. The van der Waals surface area contributed by atoms with E-state index in [9.17, 15) is 9.90 Å². The van der Waals surface area contributed by atoms with Crippen LogP contribution in [0.25, 0.3) is 16.9 Å². The quantitative estimate of drug-likeness (QED) is 0.479. The number of aliphatic carboxylic acids is 1. The van der Waals surface area contributed by atoms with Crippen molar-refractivity contribution in [2.24, 2.45) is 5.92 Å². The van der Waals surface area contributed by atoms with Crippen molar-refractivity contribution >= 4 is 23.1 Å². The van der Waals surface area contributed by atoms with Gasteiger partial charge in [-0.2, -0.15) is 9.67 Å². The smallest absolute Gasteiger partial charge is 0.306 e. The maximum Gasteiger partial charge on any atom is 0.306 e. The molecule has 1 aromatic carbocycles. The topological polar surface area (TPSA) is 134 Å². The van der Waals surface area contributed by atoms with E-state index in [1.807, 2.05) is 24.3 Å². The van der Waals surface area contributed by atoms with E-state index in [1.54, 1.807) is 25.1 Å². The van der Waals surface area contributed by atoms with Gasteiger partial charge in [-0.3, -0.25) is 4.79 Å². The number of carboxylic acid groups (broad SMARTS) is 1. The van der Waals surface area contributed by atoms with Crippen molar-refractivity contribution < 1.29 is 24.1 Å². The Morgan fingerprint density at radius 2 is 1.97 bits per heavy atom. The van der Waals surface area contributed by atoms with Crippen LogP contribution in [0.1, 0.15) is 19.3 Å². The molecule has 2 heterocycles. The first kappa shape index (κ1) is 21.9. The number of hydrogen-bond acceptors (Lipinski definition) is 9. The molecule has 2 aromatic heterocycles. The largest absolute Gasteiger partial charge is 0.486 e. The third-order valence-electron chi connectivity index (χ3n) is 5.40. The van der Waals surface area contributed by atoms with E-state index < -0.39 is 5.97 Å². The Morgan fingerprint density at radius 1 is 1.22 bits per heavy atom. The van der Waals surface area contributed by atoms with Crippen molar-refractivity contribution in [1.29, 1.82) is 0 Å². The van der Waals surface area contributed by atoms with Gasteiger partial charge < -0.3 is 24.6 Å². The van der Waals surface area contributed by atoms with E-state index in [0.717, 1.165) is 12.1 Å². The Hall–Kier alpha value is -3.31. The lowest BCUT2D eigenvalue weighted by Gasteiger charge is -2.17. The zero-order valence-electron chi connectivity index (χ0n) is 18.0. The Kier molecular flexibility index (Phi) is 6.76. The summed E-state index contributed by atoms with van der Waals surface area (Å²) in [5.41, 5.74) is 1.89. The second-order valence-electron chi connectivity index (χ2n) is 7.74. The molecule has 1 fully saturated rings. The highest BCUT2D eigenvalue weighted by Gasteiger charge is 2.30. The van der Waals surface area contributed by atoms with Crippen molar-refractivity contribution in [2.75, 3.05) is 32.8 Å². The molecule has 0 spiro atoms. The molecule has 1 aliphatic rings. The first-order chi connectivity index (χ1) is 15.6. The molecule has 0 aliphatic heterocycles. The average Bonchev–Trinajstić information content (AvgIpc) is 3.42. The summed E-state index contributed by atoms with van der Waals surface area (Å²) in [5, 5.41) is 20.8. The number of benzene rings is 1. The zero-order chi connectivity index (χ0) is 22.5.